The van der Waals surface area contributed by atoms with Gasteiger partial charge in [0.2, 0.25) is 0 Å². The summed E-state index contributed by atoms with van der Waals surface area (Å²) in [5.74, 6) is 0.524. The molecule has 0 aliphatic carbocycles. The monoisotopic (exact) mass is 417 g/mol. The second-order valence-electron chi connectivity index (χ2n) is 8.04. The SMILES string of the molecule is O=CCCc1ccc(COc2ccc3c(c2)N(CCc2ccccc2)CCC3)cc1F. The molecule has 1 aliphatic rings. The van der Waals surface area contributed by atoms with Gasteiger partial charge in [0.25, 0.3) is 0 Å². The number of nitrogens with zero attached hydrogens (tertiary/aromatic N) is 1. The highest BCUT2D eigenvalue weighted by molar-refractivity contribution is 5.59. The Bertz CT molecular complexity index is 1020. The Morgan fingerprint density at radius 2 is 1.84 bits per heavy atom. The highest BCUT2D eigenvalue weighted by atomic mass is 19.1. The molecule has 4 heteroatoms. The van der Waals surface area contributed by atoms with E-state index in [9.17, 15) is 9.18 Å². The van der Waals surface area contributed by atoms with Gasteiger partial charge in [-0.1, -0.05) is 48.5 Å². The highest BCUT2D eigenvalue weighted by Gasteiger charge is 2.17. The molecular weight excluding hydrogens is 389 g/mol. The number of carbonyl (C=O) groups is 1. The molecule has 0 saturated carbocycles. The maximum Gasteiger partial charge on any atom is 0.126 e. The number of halogens is 1. The number of carbonyl (C=O) groups excluding carboxylic acids is 1. The summed E-state index contributed by atoms with van der Waals surface area (Å²) in [7, 11) is 0. The summed E-state index contributed by atoms with van der Waals surface area (Å²) >= 11 is 0. The van der Waals surface area contributed by atoms with Crippen LogP contribution in [0.1, 0.15) is 35.1 Å². The van der Waals surface area contributed by atoms with Crippen LogP contribution in [-0.2, 0) is 30.7 Å². The number of benzene rings is 3. The Balaban J connectivity index is 1.41. The lowest BCUT2D eigenvalue weighted by atomic mass is 10.0. The van der Waals surface area contributed by atoms with E-state index in [1.54, 1.807) is 6.07 Å². The molecule has 0 fully saturated rings. The van der Waals surface area contributed by atoms with Crippen molar-refractivity contribution < 1.29 is 13.9 Å². The fraction of sp³-hybridized carbons (Fsp3) is 0.296. The van der Waals surface area contributed by atoms with Crippen LogP contribution in [0.2, 0.25) is 0 Å². The zero-order valence-corrected chi connectivity index (χ0v) is 17.7. The van der Waals surface area contributed by atoms with Gasteiger partial charge in [-0.3, -0.25) is 0 Å². The van der Waals surface area contributed by atoms with Gasteiger partial charge in [-0.15, -0.1) is 0 Å². The van der Waals surface area contributed by atoms with E-state index in [0.29, 0.717) is 25.0 Å². The maximum atomic E-state index is 14.2. The van der Waals surface area contributed by atoms with Gasteiger partial charge < -0.3 is 14.4 Å². The predicted octanol–water partition coefficient (Wildman–Crippen LogP) is 5.53. The van der Waals surface area contributed by atoms with Crippen LogP contribution in [0.15, 0.2) is 66.7 Å². The van der Waals surface area contributed by atoms with Crippen LogP contribution in [0.3, 0.4) is 0 Å². The Morgan fingerprint density at radius 1 is 0.968 bits per heavy atom. The largest absolute Gasteiger partial charge is 0.489 e. The third-order valence-electron chi connectivity index (χ3n) is 5.84. The standard InChI is InChI=1S/C27H28FNO2/c28-26-18-22(10-11-23(26)9-5-17-30)20-31-25-13-12-24-8-4-15-29(27(24)19-25)16-14-21-6-2-1-3-7-21/h1-3,6-7,10-13,17-19H,4-5,8-9,14-16,20H2. The van der Waals surface area contributed by atoms with Gasteiger partial charge in [0.15, 0.2) is 0 Å². The van der Waals surface area contributed by atoms with Gasteiger partial charge in [0.05, 0.1) is 0 Å². The average Bonchev–Trinajstić information content (AvgIpc) is 2.81. The molecule has 0 spiro atoms. The molecule has 0 amide bonds. The molecule has 0 atom stereocenters. The zero-order chi connectivity index (χ0) is 21.5. The van der Waals surface area contributed by atoms with Crippen molar-refractivity contribution >= 4 is 12.0 Å². The van der Waals surface area contributed by atoms with E-state index < -0.39 is 0 Å². The number of fused-ring (bicyclic) bond motifs is 1. The molecule has 1 aliphatic heterocycles. The van der Waals surface area contributed by atoms with Crippen molar-refractivity contribution in [3.63, 3.8) is 0 Å². The van der Waals surface area contributed by atoms with Crippen LogP contribution in [0.25, 0.3) is 0 Å². The lowest BCUT2D eigenvalue weighted by Gasteiger charge is -2.31. The molecule has 0 aromatic heterocycles. The van der Waals surface area contributed by atoms with E-state index in [4.69, 9.17) is 4.74 Å². The van der Waals surface area contributed by atoms with E-state index in [2.05, 4.69) is 41.3 Å². The molecule has 3 aromatic carbocycles. The van der Waals surface area contributed by atoms with Gasteiger partial charge >= 0.3 is 0 Å². The number of aldehydes is 1. The van der Waals surface area contributed by atoms with E-state index >= 15 is 0 Å². The van der Waals surface area contributed by atoms with Crippen LogP contribution in [0.5, 0.6) is 5.75 Å². The average molecular weight is 418 g/mol. The van der Waals surface area contributed by atoms with Crippen LogP contribution in [0.4, 0.5) is 10.1 Å². The third-order valence-corrected chi connectivity index (χ3v) is 5.84. The third kappa shape index (κ3) is 5.52. The lowest BCUT2D eigenvalue weighted by Crippen LogP contribution is -2.31. The number of hydrogen-bond donors (Lipinski definition) is 0. The Morgan fingerprint density at radius 3 is 2.65 bits per heavy atom. The van der Waals surface area contributed by atoms with E-state index in [1.165, 1.54) is 22.9 Å². The fourth-order valence-corrected chi connectivity index (χ4v) is 4.13. The minimum absolute atomic E-state index is 0.277. The molecule has 4 rings (SSSR count). The van der Waals surface area contributed by atoms with E-state index in [0.717, 1.165) is 50.0 Å². The van der Waals surface area contributed by atoms with Crippen LogP contribution >= 0.6 is 0 Å². The molecule has 0 unspecified atom stereocenters. The molecule has 0 bridgehead atoms. The van der Waals surface area contributed by atoms with E-state index in [-0.39, 0.29) is 5.82 Å². The van der Waals surface area contributed by atoms with Gasteiger partial charge in [-0.05, 0) is 60.1 Å². The summed E-state index contributed by atoms with van der Waals surface area (Å²) in [5, 5.41) is 0. The van der Waals surface area contributed by atoms with Crippen molar-refractivity contribution in [1.29, 1.82) is 0 Å². The molecular formula is C27H28FNO2. The number of ether oxygens (including phenoxy) is 1. The van der Waals surface area contributed by atoms with Crippen LogP contribution < -0.4 is 9.64 Å². The Hall–Kier alpha value is -3.14. The fourth-order valence-electron chi connectivity index (χ4n) is 4.13. The molecule has 3 aromatic rings. The molecule has 31 heavy (non-hydrogen) atoms. The number of aryl methyl sites for hydroxylation is 2. The second-order valence-corrected chi connectivity index (χ2v) is 8.04. The summed E-state index contributed by atoms with van der Waals surface area (Å²) in [6, 6.07) is 22.0. The maximum absolute atomic E-state index is 14.2. The highest BCUT2D eigenvalue weighted by Crippen LogP contribution is 2.31. The first-order chi connectivity index (χ1) is 15.2. The Kier molecular flexibility index (Phi) is 6.98. The van der Waals surface area contributed by atoms with Crippen molar-refractivity contribution in [3.8, 4) is 5.75 Å². The smallest absolute Gasteiger partial charge is 0.126 e. The minimum Gasteiger partial charge on any atom is -0.489 e. The minimum atomic E-state index is -0.277. The molecule has 160 valence electrons. The van der Waals surface area contributed by atoms with Gasteiger partial charge in [-0.2, -0.15) is 0 Å². The topological polar surface area (TPSA) is 29.5 Å². The first kappa shape index (κ1) is 21.1. The molecule has 0 radical (unpaired) electrons. The zero-order valence-electron chi connectivity index (χ0n) is 17.7. The predicted molar refractivity (Wildman–Crippen MR) is 122 cm³/mol. The van der Waals surface area contributed by atoms with Gasteiger partial charge in [-0.25, -0.2) is 4.39 Å². The molecule has 0 saturated heterocycles. The summed E-state index contributed by atoms with van der Waals surface area (Å²) < 4.78 is 20.2. The first-order valence-electron chi connectivity index (χ1n) is 11.0. The van der Waals surface area contributed by atoms with E-state index in [1.807, 2.05) is 18.2 Å². The number of hydrogen-bond acceptors (Lipinski definition) is 3. The quantitative estimate of drug-likeness (QED) is 0.429. The molecule has 3 nitrogen and oxygen atoms in total. The summed E-state index contributed by atoms with van der Waals surface area (Å²) in [5.41, 5.74) is 5.30. The number of rotatable bonds is 9. The van der Waals surface area contributed by atoms with Crippen molar-refractivity contribution in [3.05, 3.63) is 94.8 Å². The van der Waals surface area contributed by atoms with Crippen LogP contribution in [-0.4, -0.2) is 19.4 Å². The normalized spacial score (nSPS) is 13.0. The molecule has 0 N–H and O–H groups in total. The van der Waals surface area contributed by atoms with Crippen molar-refractivity contribution in [2.75, 3.05) is 18.0 Å². The second kappa shape index (κ2) is 10.3. The summed E-state index contributed by atoms with van der Waals surface area (Å²) in [4.78, 5) is 13.0. The summed E-state index contributed by atoms with van der Waals surface area (Å²) in [6.07, 6.45) is 4.85. The summed E-state index contributed by atoms with van der Waals surface area (Å²) in [6.45, 7) is 2.35. The van der Waals surface area contributed by atoms with Crippen LogP contribution in [0, 0.1) is 5.82 Å². The van der Waals surface area contributed by atoms with Crippen molar-refractivity contribution in [2.45, 2.75) is 38.7 Å². The van der Waals surface area contributed by atoms with Crippen molar-refractivity contribution in [1.82, 2.24) is 0 Å². The van der Waals surface area contributed by atoms with Gasteiger partial charge in [0, 0.05) is 31.3 Å². The van der Waals surface area contributed by atoms with Gasteiger partial charge in [0.1, 0.15) is 24.5 Å². The molecule has 1 heterocycles. The lowest BCUT2D eigenvalue weighted by molar-refractivity contribution is -0.107. The van der Waals surface area contributed by atoms with Crippen molar-refractivity contribution in [2.24, 2.45) is 0 Å². The number of anilines is 1. The first-order valence-corrected chi connectivity index (χ1v) is 11.0. The Labute approximate surface area is 183 Å².